The Balaban J connectivity index is 2.01. The molecule has 1 N–H and O–H groups in total. The van der Waals surface area contributed by atoms with Crippen LogP contribution < -0.4 is 4.74 Å². The highest BCUT2D eigenvalue weighted by Gasteiger charge is 2.47. The SMILES string of the molecule is CC1(C)Oc2ccc([S+]([O-])CC(F)(F)F)cc2[C@@H](N2CCCCC2=O)[C@@H]1O. The lowest BCUT2D eigenvalue weighted by molar-refractivity contribution is -0.147. The van der Waals surface area contributed by atoms with Gasteiger partial charge in [-0.05, 0) is 50.0 Å². The first-order valence-corrected chi connectivity index (χ1v) is 10.1. The Morgan fingerprint density at radius 1 is 1.37 bits per heavy atom. The quantitative estimate of drug-likeness (QED) is 0.785. The summed E-state index contributed by atoms with van der Waals surface area (Å²) in [7, 11) is 0. The molecule has 1 unspecified atom stereocenters. The highest BCUT2D eigenvalue weighted by Crippen LogP contribution is 2.44. The molecule has 3 atom stereocenters. The first-order valence-electron chi connectivity index (χ1n) is 8.75. The van der Waals surface area contributed by atoms with Crippen LogP contribution in [0, 0.1) is 0 Å². The number of benzene rings is 1. The second-order valence-corrected chi connectivity index (χ2v) is 8.90. The molecule has 150 valence electrons. The van der Waals surface area contributed by atoms with Crippen LogP contribution in [0.25, 0.3) is 0 Å². The maximum absolute atomic E-state index is 12.6. The van der Waals surface area contributed by atoms with Gasteiger partial charge in [-0.15, -0.1) is 0 Å². The van der Waals surface area contributed by atoms with Gasteiger partial charge in [-0.3, -0.25) is 4.79 Å². The van der Waals surface area contributed by atoms with Gasteiger partial charge < -0.3 is 19.3 Å². The summed E-state index contributed by atoms with van der Waals surface area (Å²) in [5, 5.41) is 10.9. The van der Waals surface area contributed by atoms with Gasteiger partial charge in [0.2, 0.25) is 11.7 Å². The lowest BCUT2D eigenvalue weighted by atomic mass is 9.84. The number of ether oxygens (including phenoxy) is 1. The third-order valence-electron chi connectivity index (χ3n) is 4.94. The third-order valence-corrected chi connectivity index (χ3v) is 6.31. The minimum absolute atomic E-state index is 0.00367. The van der Waals surface area contributed by atoms with E-state index in [1.54, 1.807) is 18.7 Å². The number of amides is 1. The van der Waals surface area contributed by atoms with Crippen LogP contribution in [-0.2, 0) is 16.0 Å². The number of piperidine rings is 1. The van der Waals surface area contributed by atoms with Crippen LogP contribution in [0.5, 0.6) is 5.75 Å². The molecule has 1 aromatic rings. The van der Waals surface area contributed by atoms with E-state index in [0.29, 0.717) is 24.3 Å². The number of carbonyl (C=O) groups is 1. The molecule has 0 spiro atoms. The molecule has 0 aliphatic carbocycles. The standard InChI is InChI=1S/C18H22F3NO4S/c1-17(2)16(24)15(22-8-4-3-5-14(22)23)12-9-11(6-7-13(12)26-17)27(25)10-18(19,20)21/h6-7,9,15-16,24H,3-5,8,10H2,1-2H3/t15-,16+,27?/m1/s1. The Morgan fingerprint density at radius 2 is 2.07 bits per heavy atom. The van der Waals surface area contributed by atoms with Crippen molar-refractivity contribution in [2.24, 2.45) is 0 Å². The van der Waals surface area contributed by atoms with Crippen molar-refractivity contribution < 1.29 is 32.4 Å². The summed E-state index contributed by atoms with van der Waals surface area (Å²) in [6.07, 6.45) is -3.72. The molecule has 1 fully saturated rings. The number of hydrogen-bond donors (Lipinski definition) is 1. The van der Waals surface area contributed by atoms with E-state index in [1.165, 1.54) is 18.2 Å². The second-order valence-electron chi connectivity index (χ2n) is 7.44. The minimum atomic E-state index is -4.55. The van der Waals surface area contributed by atoms with Crippen molar-refractivity contribution in [3.05, 3.63) is 23.8 Å². The van der Waals surface area contributed by atoms with E-state index in [9.17, 15) is 27.6 Å². The number of hydrogen-bond acceptors (Lipinski definition) is 4. The fourth-order valence-electron chi connectivity index (χ4n) is 3.58. The Kier molecular flexibility index (Phi) is 5.39. The molecule has 0 bridgehead atoms. The molecule has 5 nitrogen and oxygen atoms in total. The zero-order valence-corrected chi connectivity index (χ0v) is 15.9. The summed E-state index contributed by atoms with van der Waals surface area (Å²) in [6, 6.07) is 3.42. The maximum atomic E-state index is 12.6. The highest BCUT2D eigenvalue weighted by atomic mass is 32.2. The molecule has 2 aliphatic rings. The summed E-state index contributed by atoms with van der Waals surface area (Å²) < 4.78 is 55.7. The van der Waals surface area contributed by atoms with E-state index in [-0.39, 0.29) is 10.8 Å². The molecule has 0 saturated carbocycles. The Labute approximate surface area is 158 Å². The predicted molar refractivity (Wildman–Crippen MR) is 92.8 cm³/mol. The zero-order chi connectivity index (χ0) is 20.0. The summed E-state index contributed by atoms with van der Waals surface area (Å²) in [5.41, 5.74) is -0.590. The van der Waals surface area contributed by atoms with Crippen molar-refractivity contribution in [2.45, 2.75) is 61.9 Å². The molecule has 2 aliphatic heterocycles. The van der Waals surface area contributed by atoms with Gasteiger partial charge in [-0.2, -0.15) is 13.2 Å². The van der Waals surface area contributed by atoms with E-state index in [2.05, 4.69) is 0 Å². The Hall–Kier alpha value is -1.45. The summed E-state index contributed by atoms with van der Waals surface area (Å²) in [4.78, 5) is 14.0. The fraction of sp³-hybridized carbons (Fsp3) is 0.611. The average molecular weight is 405 g/mol. The van der Waals surface area contributed by atoms with Crippen LogP contribution >= 0.6 is 0 Å². The second kappa shape index (κ2) is 7.18. The van der Waals surface area contributed by atoms with Gasteiger partial charge in [0.1, 0.15) is 17.5 Å². The van der Waals surface area contributed by atoms with Crippen molar-refractivity contribution in [2.75, 3.05) is 12.3 Å². The van der Waals surface area contributed by atoms with E-state index >= 15 is 0 Å². The largest absolute Gasteiger partial charge is 0.611 e. The molecule has 0 radical (unpaired) electrons. The molecular formula is C18H22F3NO4S. The van der Waals surface area contributed by atoms with Crippen LogP contribution in [0.1, 0.15) is 44.7 Å². The van der Waals surface area contributed by atoms with Gasteiger partial charge in [0, 0.05) is 24.6 Å². The molecule has 1 saturated heterocycles. The summed E-state index contributed by atoms with van der Waals surface area (Å²) >= 11 is -2.28. The number of likely N-dealkylation sites (tertiary alicyclic amines) is 1. The molecule has 2 heterocycles. The molecule has 27 heavy (non-hydrogen) atoms. The van der Waals surface area contributed by atoms with Gasteiger partial charge in [0.25, 0.3) is 0 Å². The van der Waals surface area contributed by atoms with E-state index in [0.717, 1.165) is 12.8 Å². The molecular weight excluding hydrogens is 383 g/mol. The number of nitrogens with zero attached hydrogens (tertiary/aromatic N) is 1. The minimum Gasteiger partial charge on any atom is -0.611 e. The maximum Gasteiger partial charge on any atom is 0.433 e. The first-order chi connectivity index (χ1) is 12.5. The van der Waals surface area contributed by atoms with Gasteiger partial charge >= 0.3 is 6.18 Å². The number of carbonyl (C=O) groups excluding carboxylic acids is 1. The Bertz CT molecular complexity index is 725. The number of aliphatic hydroxyl groups excluding tert-OH is 1. The summed E-state index contributed by atoms with van der Waals surface area (Å²) in [5.74, 6) is -1.19. The van der Waals surface area contributed by atoms with Crippen LogP contribution in [-0.4, -0.2) is 50.6 Å². The van der Waals surface area contributed by atoms with Gasteiger partial charge in [-0.1, -0.05) is 0 Å². The first kappa shape index (κ1) is 20.3. The van der Waals surface area contributed by atoms with E-state index in [4.69, 9.17) is 4.74 Å². The van der Waals surface area contributed by atoms with Crippen LogP contribution in [0.15, 0.2) is 23.1 Å². The monoisotopic (exact) mass is 405 g/mol. The molecule has 1 amide bonds. The molecule has 0 aromatic heterocycles. The fourth-order valence-corrected chi connectivity index (χ4v) is 4.52. The number of aliphatic hydroxyl groups is 1. The number of halogens is 3. The molecule has 1 aromatic carbocycles. The van der Waals surface area contributed by atoms with Crippen molar-refractivity contribution in [3.63, 3.8) is 0 Å². The number of alkyl halides is 3. The summed E-state index contributed by atoms with van der Waals surface area (Å²) in [6.45, 7) is 3.83. The van der Waals surface area contributed by atoms with Crippen LogP contribution in [0.4, 0.5) is 13.2 Å². The average Bonchev–Trinajstić information content (AvgIpc) is 2.55. The van der Waals surface area contributed by atoms with Crippen molar-refractivity contribution in [1.29, 1.82) is 0 Å². The normalized spacial score (nSPS) is 26.3. The Morgan fingerprint density at radius 3 is 2.70 bits per heavy atom. The number of rotatable bonds is 3. The lowest BCUT2D eigenvalue weighted by Gasteiger charge is -2.47. The van der Waals surface area contributed by atoms with Crippen molar-refractivity contribution >= 4 is 17.1 Å². The third kappa shape index (κ3) is 4.20. The molecule has 3 rings (SSSR count). The highest BCUT2D eigenvalue weighted by molar-refractivity contribution is 7.91. The van der Waals surface area contributed by atoms with Crippen LogP contribution in [0.2, 0.25) is 0 Å². The zero-order valence-electron chi connectivity index (χ0n) is 15.1. The van der Waals surface area contributed by atoms with Crippen molar-refractivity contribution in [3.8, 4) is 5.75 Å². The topological polar surface area (TPSA) is 72.8 Å². The van der Waals surface area contributed by atoms with E-state index < -0.39 is 40.9 Å². The van der Waals surface area contributed by atoms with Crippen LogP contribution in [0.3, 0.4) is 0 Å². The van der Waals surface area contributed by atoms with Gasteiger partial charge in [0.05, 0.1) is 6.04 Å². The van der Waals surface area contributed by atoms with E-state index in [1.807, 2.05) is 0 Å². The van der Waals surface area contributed by atoms with Crippen molar-refractivity contribution in [1.82, 2.24) is 4.90 Å². The molecule has 9 heteroatoms. The van der Waals surface area contributed by atoms with Gasteiger partial charge in [0.15, 0.2) is 4.90 Å². The lowest BCUT2D eigenvalue weighted by Crippen LogP contribution is -2.55. The smallest absolute Gasteiger partial charge is 0.433 e. The predicted octanol–water partition coefficient (Wildman–Crippen LogP) is 2.94. The van der Waals surface area contributed by atoms with Gasteiger partial charge in [-0.25, -0.2) is 0 Å². The number of fused-ring (bicyclic) bond motifs is 1.